The van der Waals surface area contributed by atoms with Gasteiger partial charge in [-0.25, -0.2) is 13.8 Å². The Labute approximate surface area is 171 Å². The van der Waals surface area contributed by atoms with Gasteiger partial charge in [0, 0.05) is 6.04 Å². The number of carbonyl (C=O) groups excluding carboxylic acids is 1. The summed E-state index contributed by atoms with van der Waals surface area (Å²) in [6, 6.07) is 7.68. The topological polar surface area (TPSA) is 73.1 Å². The summed E-state index contributed by atoms with van der Waals surface area (Å²) < 4.78 is 15.8. The summed E-state index contributed by atoms with van der Waals surface area (Å²) in [5, 5.41) is 2.84. The van der Waals surface area contributed by atoms with Gasteiger partial charge in [0.05, 0.1) is 21.6 Å². The molecule has 29 heavy (non-hydrogen) atoms. The van der Waals surface area contributed by atoms with E-state index in [1.54, 1.807) is 25.1 Å². The van der Waals surface area contributed by atoms with Crippen LogP contribution in [0.15, 0.2) is 46.0 Å². The molecule has 0 aliphatic heterocycles. The number of hydrogen-bond donors (Lipinski definition) is 1. The van der Waals surface area contributed by atoms with Crippen LogP contribution in [-0.2, 0) is 4.79 Å². The van der Waals surface area contributed by atoms with Crippen LogP contribution in [0.2, 0.25) is 5.02 Å². The third kappa shape index (κ3) is 3.82. The normalized spacial score (nSPS) is 12.4. The third-order valence-corrected chi connectivity index (χ3v) is 4.89. The number of aryl methyl sites for hydroxylation is 1. The fourth-order valence-corrected chi connectivity index (χ4v) is 3.37. The number of amides is 1. The van der Waals surface area contributed by atoms with E-state index in [-0.39, 0.29) is 28.0 Å². The van der Waals surface area contributed by atoms with Crippen molar-refractivity contribution in [2.45, 2.75) is 39.8 Å². The molecule has 0 fully saturated rings. The maximum Gasteiger partial charge on any atom is 0.336 e. The summed E-state index contributed by atoms with van der Waals surface area (Å²) in [5.41, 5.74) is 0.0220. The van der Waals surface area contributed by atoms with E-state index in [4.69, 9.17) is 11.6 Å². The lowest BCUT2D eigenvalue weighted by molar-refractivity contribution is -0.124. The second-order valence-corrected chi connectivity index (χ2v) is 7.66. The zero-order valence-corrected chi connectivity index (χ0v) is 17.2. The van der Waals surface area contributed by atoms with Crippen LogP contribution in [0.1, 0.15) is 32.4 Å². The van der Waals surface area contributed by atoms with Crippen molar-refractivity contribution < 1.29 is 9.18 Å². The fraction of sp³-hybridized carbons (Fsp3) is 0.286. The number of rotatable bonds is 4. The summed E-state index contributed by atoms with van der Waals surface area (Å²) in [7, 11) is 0. The minimum absolute atomic E-state index is 0.115. The van der Waals surface area contributed by atoms with E-state index in [2.05, 4.69) is 5.32 Å². The number of nitrogens with zero attached hydrogens (tertiary/aromatic N) is 2. The fourth-order valence-electron chi connectivity index (χ4n) is 3.20. The predicted molar refractivity (Wildman–Crippen MR) is 111 cm³/mol. The van der Waals surface area contributed by atoms with E-state index < -0.39 is 23.1 Å². The van der Waals surface area contributed by atoms with Crippen LogP contribution in [0.5, 0.6) is 0 Å². The maximum absolute atomic E-state index is 13.6. The number of hydrogen-bond acceptors (Lipinski definition) is 3. The minimum atomic E-state index is -0.877. The Morgan fingerprint density at radius 3 is 2.41 bits per heavy atom. The molecule has 152 valence electrons. The molecular weight excluding hydrogens is 397 g/mol. The van der Waals surface area contributed by atoms with Crippen molar-refractivity contribution in [1.82, 2.24) is 14.5 Å². The Morgan fingerprint density at radius 1 is 1.10 bits per heavy atom. The van der Waals surface area contributed by atoms with Gasteiger partial charge in [0.1, 0.15) is 11.9 Å². The summed E-state index contributed by atoms with van der Waals surface area (Å²) in [6.07, 6.45) is 0. The van der Waals surface area contributed by atoms with Gasteiger partial charge in [-0.05, 0) is 58.0 Å². The van der Waals surface area contributed by atoms with Gasteiger partial charge in [-0.2, -0.15) is 0 Å². The SMILES string of the molecule is Cc1ccc2c(c1)c(=O)n(-c1ccc(F)c(Cl)c1)c(=O)n2[C@H](C)C(=O)NC(C)C. The number of aromatic nitrogens is 2. The molecule has 3 aromatic rings. The average molecular weight is 418 g/mol. The van der Waals surface area contributed by atoms with Crippen molar-refractivity contribution in [2.75, 3.05) is 0 Å². The summed E-state index contributed by atoms with van der Waals surface area (Å²) in [5.74, 6) is -1.02. The highest BCUT2D eigenvalue weighted by Gasteiger charge is 2.23. The van der Waals surface area contributed by atoms with Crippen LogP contribution >= 0.6 is 11.6 Å². The standard InChI is InChI=1S/C21H21ClFN3O3/c1-11(2)24-19(27)13(4)25-18-8-5-12(3)9-15(18)20(28)26(21(25)29)14-6-7-17(23)16(22)10-14/h5-11,13H,1-4H3,(H,24,27)/t13-/m1/s1. The summed E-state index contributed by atoms with van der Waals surface area (Å²) in [6.45, 7) is 7.04. The van der Waals surface area contributed by atoms with Crippen LogP contribution in [-0.4, -0.2) is 21.1 Å². The Morgan fingerprint density at radius 2 is 1.79 bits per heavy atom. The smallest absolute Gasteiger partial charge is 0.336 e. The minimum Gasteiger partial charge on any atom is -0.352 e. The van der Waals surface area contributed by atoms with E-state index in [0.717, 1.165) is 16.2 Å². The van der Waals surface area contributed by atoms with E-state index in [1.165, 1.54) is 16.7 Å². The van der Waals surface area contributed by atoms with Crippen LogP contribution in [0, 0.1) is 12.7 Å². The zero-order valence-electron chi connectivity index (χ0n) is 16.5. The van der Waals surface area contributed by atoms with Gasteiger partial charge in [0.25, 0.3) is 5.56 Å². The van der Waals surface area contributed by atoms with E-state index in [1.807, 2.05) is 20.8 Å². The molecule has 3 rings (SSSR count). The van der Waals surface area contributed by atoms with Gasteiger partial charge in [-0.15, -0.1) is 0 Å². The van der Waals surface area contributed by atoms with E-state index in [0.29, 0.717) is 5.52 Å². The van der Waals surface area contributed by atoms with Crippen molar-refractivity contribution in [3.63, 3.8) is 0 Å². The van der Waals surface area contributed by atoms with Gasteiger partial charge in [-0.3, -0.25) is 14.2 Å². The highest BCUT2D eigenvalue weighted by atomic mass is 35.5. The third-order valence-electron chi connectivity index (χ3n) is 4.60. The first-order chi connectivity index (χ1) is 13.6. The second kappa shape index (κ2) is 7.83. The van der Waals surface area contributed by atoms with Crippen LogP contribution in [0.3, 0.4) is 0 Å². The molecule has 1 N–H and O–H groups in total. The summed E-state index contributed by atoms with van der Waals surface area (Å²) >= 11 is 5.86. The van der Waals surface area contributed by atoms with E-state index in [9.17, 15) is 18.8 Å². The Kier molecular flexibility index (Phi) is 5.61. The molecule has 0 radical (unpaired) electrons. The molecule has 0 aliphatic carbocycles. The lowest BCUT2D eigenvalue weighted by atomic mass is 10.1. The first-order valence-corrected chi connectivity index (χ1v) is 9.53. The number of carbonyl (C=O) groups is 1. The first-order valence-electron chi connectivity index (χ1n) is 9.15. The molecule has 0 spiro atoms. The van der Waals surface area contributed by atoms with Gasteiger partial charge in [0.15, 0.2) is 0 Å². The molecule has 1 atom stereocenters. The highest BCUT2D eigenvalue weighted by Crippen LogP contribution is 2.20. The number of halogens is 2. The van der Waals surface area contributed by atoms with Crippen molar-refractivity contribution in [1.29, 1.82) is 0 Å². The van der Waals surface area contributed by atoms with Gasteiger partial charge in [-0.1, -0.05) is 23.2 Å². The van der Waals surface area contributed by atoms with Crippen LogP contribution in [0.4, 0.5) is 4.39 Å². The number of benzene rings is 2. The molecule has 0 saturated carbocycles. The molecule has 1 amide bonds. The molecule has 0 unspecified atom stereocenters. The van der Waals surface area contributed by atoms with Gasteiger partial charge >= 0.3 is 5.69 Å². The molecule has 8 heteroatoms. The quantitative estimate of drug-likeness (QED) is 0.707. The maximum atomic E-state index is 13.6. The van der Waals surface area contributed by atoms with Crippen molar-refractivity contribution in [2.24, 2.45) is 0 Å². The van der Waals surface area contributed by atoms with Gasteiger partial charge < -0.3 is 5.32 Å². The number of nitrogens with one attached hydrogen (secondary N) is 1. The van der Waals surface area contributed by atoms with Crippen molar-refractivity contribution in [3.05, 3.63) is 73.6 Å². The summed E-state index contributed by atoms with van der Waals surface area (Å²) in [4.78, 5) is 39.1. The second-order valence-electron chi connectivity index (χ2n) is 7.25. The Balaban J connectivity index is 2.39. The van der Waals surface area contributed by atoms with Crippen LogP contribution < -0.4 is 16.6 Å². The van der Waals surface area contributed by atoms with Crippen LogP contribution in [0.25, 0.3) is 16.6 Å². The monoisotopic (exact) mass is 417 g/mol. The zero-order chi connectivity index (χ0) is 21.5. The largest absolute Gasteiger partial charge is 0.352 e. The van der Waals surface area contributed by atoms with Gasteiger partial charge in [0.2, 0.25) is 5.91 Å². The van der Waals surface area contributed by atoms with Crippen molar-refractivity contribution in [3.8, 4) is 5.69 Å². The van der Waals surface area contributed by atoms with E-state index >= 15 is 0 Å². The molecule has 0 saturated heterocycles. The molecule has 1 aromatic heterocycles. The predicted octanol–water partition coefficient (Wildman–Crippen LogP) is 3.34. The Bertz CT molecular complexity index is 1230. The molecule has 1 heterocycles. The number of fused-ring (bicyclic) bond motifs is 1. The van der Waals surface area contributed by atoms with Crippen molar-refractivity contribution >= 4 is 28.4 Å². The molecule has 0 bridgehead atoms. The first kappa shape index (κ1) is 20.8. The lowest BCUT2D eigenvalue weighted by Gasteiger charge is -2.21. The molecule has 0 aliphatic rings. The lowest BCUT2D eigenvalue weighted by Crippen LogP contribution is -2.44. The highest BCUT2D eigenvalue weighted by molar-refractivity contribution is 6.30. The molecule has 6 nitrogen and oxygen atoms in total. The molecular formula is C21H21ClFN3O3. The average Bonchev–Trinajstić information content (AvgIpc) is 2.64. The molecule has 2 aromatic carbocycles. The Hall–Kier alpha value is -2.93.